The summed E-state index contributed by atoms with van der Waals surface area (Å²) >= 11 is 0. The number of benzene rings is 2. The van der Waals surface area contributed by atoms with Crippen molar-refractivity contribution >= 4 is 16.9 Å². The van der Waals surface area contributed by atoms with E-state index >= 15 is 0 Å². The van der Waals surface area contributed by atoms with Gasteiger partial charge in [0.05, 0.1) is 16.7 Å². The normalized spacial score (nSPS) is 11.0. The largest absolute Gasteiger partial charge is 0.347 e. The Labute approximate surface area is 169 Å². The summed E-state index contributed by atoms with van der Waals surface area (Å²) in [6.07, 6.45) is 0. The zero-order chi connectivity index (χ0) is 20.4. The predicted octanol–water partition coefficient (Wildman–Crippen LogP) is 3.63. The molecule has 2 aromatic heterocycles. The lowest BCUT2D eigenvalue weighted by molar-refractivity contribution is 0.0945. The van der Waals surface area contributed by atoms with Crippen molar-refractivity contribution in [2.24, 2.45) is 5.73 Å². The van der Waals surface area contributed by atoms with E-state index in [4.69, 9.17) is 10.7 Å². The van der Waals surface area contributed by atoms with E-state index < -0.39 is 0 Å². The highest BCUT2D eigenvalue weighted by molar-refractivity contribution is 5.92. The zero-order valence-electron chi connectivity index (χ0n) is 16.5. The first-order valence-corrected chi connectivity index (χ1v) is 9.54. The van der Waals surface area contributed by atoms with Gasteiger partial charge in [-0.05, 0) is 54.8 Å². The average molecular weight is 385 g/mol. The highest BCUT2D eigenvalue weighted by Gasteiger charge is 2.09. The lowest BCUT2D eigenvalue weighted by Crippen LogP contribution is -2.24. The van der Waals surface area contributed by atoms with Gasteiger partial charge in [0.25, 0.3) is 5.91 Å². The molecule has 0 atom stereocenters. The second kappa shape index (κ2) is 7.85. The maximum absolute atomic E-state index is 12.3. The summed E-state index contributed by atoms with van der Waals surface area (Å²) in [6.45, 7) is 4.92. The first-order chi connectivity index (χ1) is 14.0. The van der Waals surface area contributed by atoms with Crippen LogP contribution in [0.3, 0.4) is 0 Å². The molecule has 6 heteroatoms. The molecule has 0 fully saturated rings. The Morgan fingerprint density at radius 3 is 2.55 bits per heavy atom. The standard InChI is InChI=1S/C23H23N5O/c1-14-10-20-21(11-15(14)2)28-22(27-20)17-8-6-16(7-9-17)13-25-23(29)19-5-3-4-18(12-24)26-19/h3-11H,12-13,24H2,1-2H3,(H,25,29)(H,27,28). The second-order valence-corrected chi connectivity index (χ2v) is 7.14. The number of aryl methyl sites for hydroxylation is 2. The van der Waals surface area contributed by atoms with Crippen LogP contribution >= 0.6 is 0 Å². The number of fused-ring (bicyclic) bond motifs is 1. The number of carbonyl (C=O) groups is 1. The van der Waals surface area contributed by atoms with Crippen molar-refractivity contribution in [1.82, 2.24) is 20.3 Å². The van der Waals surface area contributed by atoms with Gasteiger partial charge in [0, 0.05) is 18.7 Å². The molecule has 2 aromatic carbocycles. The summed E-state index contributed by atoms with van der Waals surface area (Å²) in [7, 11) is 0. The summed E-state index contributed by atoms with van der Waals surface area (Å²) in [6, 6.07) is 17.5. The molecule has 29 heavy (non-hydrogen) atoms. The number of aromatic nitrogens is 3. The smallest absolute Gasteiger partial charge is 0.270 e. The number of nitrogens with two attached hydrogens (primary N) is 1. The van der Waals surface area contributed by atoms with Gasteiger partial charge in [0.1, 0.15) is 11.5 Å². The van der Waals surface area contributed by atoms with Crippen LogP contribution in [-0.4, -0.2) is 20.9 Å². The van der Waals surface area contributed by atoms with E-state index in [1.807, 2.05) is 24.3 Å². The molecule has 0 bridgehead atoms. The van der Waals surface area contributed by atoms with Gasteiger partial charge in [0.15, 0.2) is 0 Å². The maximum atomic E-state index is 12.3. The van der Waals surface area contributed by atoms with E-state index in [0.717, 1.165) is 28.0 Å². The summed E-state index contributed by atoms with van der Waals surface area (Å²) in [5.41, 5.74) is 13.1. The van der Waals surface area contributed by atoms with E-state index in [9.17, 15) is 4.79 Å². The molecule has 4 rings (SSSR count). The number of carbonyl (C=O) groups excluding carboxylic acids is 1. The number of rotatable bonds is 5. The van der Waals surface area contributed by atoms with Crippen molar-refractivity contribution < 1.29 is 4.79 Å². The van der Waals surface area contributed by atoms with Crippen molar-refractivity contribution in [2.75, 3.05) is 0 Å². The molecule has 146 valence electrons. The molecule has 0 saturated carbocycles. The van der Waals surface area contributed by atoms with Crippen molar-refractivity contribution in [1.29, 1.82) is 0 Å². The van der Waals surface area contributed by atoms with Gasteiger partial charge in [-0.15, -0.1) is 0 Å². The number of pyridine rings is 1. The maximum Gasteiger partial charge on any atom is 0.270 e. The van der Waals surface area contributed by atoms with Crippen LogP contribution in [0.4, 0.5) is 0 Å². The molecule has 4 aromatic rings. The molecular formula is C23H23N5O. The molecule has 1 amide bonds. The lowest BCUT2D eigenvalue weighted by atomic mass is 10.1. The zero-order valence-corrected chi connectivity index (χ0v) is 16.5. The molecule has 0 aliphatic rings. The number of amides is 1. The van der Waals surface area contributed by atoms with Crippen LogP contribution in [0.5, 0.6) is 0 Å². The molecule has 0 spiro atoms. The Morgan fingerprint density at radius 1 is 1.03 bits per heavy atom. The molecular weight excluding hydrogens is 362 g/mol. The van der Waals surface area contributed by atoms with Gasteiger partial charge in [-0.25, -0.2) is 9.97 Å². The number of H-pyrrole nitrogens is 1. The molecule has 6 nitrogen and oxygen atoms in total. The Hall–Kier alpha value is -3.51. The van der Waals surface area contributed by atoms with Gasteiger partial charge in [-0.1, -0.05) is 30.3 Å². The quantitative estimate of drug-likeness (QED) is 0.489. The summed E-state index contributed by atoms with van der Waals surface area (Å²) in [5.74, 6) is 0.621. The van der Waals surface area contributed by atoms with Crippen LogP contribution in [0.1, 0.15) is 32.9 Å². The van der Waals surface area contributed by atoms with E-state index in [2.05, 4.69) is 41.3 Å². The molecule has 4 N–H and O–H groups in total. The third-order valence-electron chi connectivity index (χ3n) is 5.03. The van der Waals surface area contributed by atoms with Crippen LogP contribution in [0.25, 0.3) is 22.4 Å². The number of nitrogens with zero attached hydrogens (tertiary/aromatic N) is 2. The molecule has 0 aliphatic carbocycles. The Bertz CT molecular complexity index is 1140. The second-order valence-electron chi connectivity index (χ2n) is 7.14. The molecule has 0 aliphatic heterocycles. The van der Waals surface area contributed by atoms with Gasteiger partial charge < -0.3 is 16.0 Å². The number of hydrogen-bond acceptors (Lipinski definition) is 4. The number of nitrogens with one attached hydrogen (secondary N) is 2. The van der Waals surface area contributed by atoms with Crippen molar-refractivity contribution in [3.63, 3.8) is 0 Å². The topological polar surface area (TPSA) is 96.7 Å². The number of imidazole rings is 1. The minimum Gasteiger partial charge on any atom is -0.347 e. The first kappa shape index (κ1) is 18.8. The van der Waals surface area contributed by atoms with Gasteiger partial charge in [0.2, 0.25) is 0 Å². The fourth-order valence-corrected chi connectivity index (χ4v) is 3.18. The minimum atomic E-state index is -0.215. The lowest BCUT2D eigenvalue weighted by Gasteiger charge is -2.06. The van der Waals surface area contributed by atoms with Crippen LogP contribution in [-0.2, 0) is 13.1 Å². The average Bonchev–Trinajstić information content (AvgIpc) is 3.15. The predicted molar refractivity (Wildman–Crippen MR) is 114 cm³/mol. The summed E-state index contributed by atoms with van der Waals surface area (Å²) < 4.78 is 0. The molecule has 0 saturated heterocycles. The SMILES string of the molecule is Cc1cc2nc(-c3ccc(CNC(=O)c4cccc(CN)n4)cc3)[nH]c2cc1C. The summed E-state index contributed by atoms with van der Waals surface area (Å²) in [4.78, 5) is 24.6. The third kappa shape index (κ3) is 4.02. The monoisotopic (exact) mass is 385 g/mol. The van der Waals surface area contributed by atoms with Gasteiger partial charge in [-0.3, -0.25) is 4.79 Å². The minimum absolute atomic E-state index is 0.215. The van der Waals surface area contributed by atoms with Crippen molar-refractivity contribution in [2.45, 2.75) is 26.9 Å². The first-order valence-electron chi connectivity index (χ1n) is 9.54. The third-order valence-corrected chi connectivity index (χ3v) is 5.03. The Morgan fingerprint density at radius 2 is 1.79 bits per heavy atom. The van der Waals surface area contributed by atoms with Gasteiger partial charge >= 0.3 is 0 Å². The van der Waals surface area contributed by atoms with Crippen molar-refractivity contribution in [3.8, 4) is 11.4 Å². The molecule has 0 radical (unpaired) electrons. The summed E-state index contributed by atoms with van der Waals surface area (Å²) in [5, 5.41) is 2.89. The van der Waals surface area contributed by atoms with E-state index in [1.54, 1.807) is 18.2 Å². The Balaban J connectivity index is 1.46. The van der Waals surface area contributed by atoms with Crippen LogP contribution in [0.15, 0.2) is 54.6 Å². The number of aromatic amines is 1. The fourth-order valence-electron chi connectivity index (χ4n) is 3.18. The number of hydrogen-bond donors (Lipinski definition) is 3. The molecule has 2 heterocycles. The van der Waals surface area contributed by atoms with Crippen LogP contribution < -0.4 is 11.1 Å². The molecule has 0 unspecified atom stereocenters. The van der Waals surface area contributed by atoms with Gasteiger partial charge in [-0.2, -0.15) is 0 Å². The Kier molecular flexibility index (Phi) is 5.10. The van der Waals surface area contributed by atoms with E-state index in [1.165, 1.54) is 11.1 Å². The highest BCUT2D eigenvalue weighted by atomic mass is 16.1. The van der Waals surface area contributed by atoms with Crippen LogP contribution in [0, 0.1) is 13.8 Å². The van der Waals surface area contributed by atoms with Crippen LogP contribution in [0.2, 0.25) is 0 Å². The van der Waals surface area contributed by atoms with E-state index in [0.29, 0.717) is 24.5 Å². The highest BCUT2D eigenvalue weighted by Crippen LogP contribution is 2.23. The van der Waals surface area contributed by atoms with E-state index in [-0.39, 0.29) is 5.91 Å². The fraction of sp³-hybridized carbons (Fsp3) is 0.174. The van der Waals surface area contributed by atoms with Crippen molar-refractivity contribution in [3.05, 3.63) is 82.7 Å².